The number of amides is 2. The van der Waals surface area contributed by atoms with Gasteiger partial charge in [0.2, 0.25) is 0 Å². The molecule has 1 aromatic carbocycles. The lowest BCUT2D eigenvalue weighted by Gasteiger charge is -2.15. The van der Waals surface area contributed by atoms with Crippen LogP contribution in [0, 0.1) is 0 Å². The molecule has 8 heteroatoms. The predicted molar refractivity (Wildman–Crippen MR) is 119 cm³/mol. The largest absolute Gasteiger partial charge is 0.354 e. The number of hydrogen-bond donors (Lipinski definition) is 4. The van der Waals surface area contributed by atoms with Gasteiger partial charge in [-0.05, 0) is 49.4 Å². The van der Waals surface area contributed by atoms with Crippen LogP contribution >= 0.6 is 0 Å². The van der Waals surface area contributed by atoms with Crippen LogP contribution in [0.25, 0.3) is 10.8 Å². The van der Waals surface area contributed by atoms with E-state index < -0.39 is 0 Å². The minimum Gasteiger partial charge on any atom is -0.354 e. The molecular weight excluding hydrogens is 378 g/mol. The molecule has 4 aromatic rings. The molecule has 4 rings (SSSR count). The zero-order valence-electron chi connectivity index (χ0n) is 16.4. The molecular formula is C22H21N7O. The number of aromatic nitrogens is 3. The van der Waals surface area contributed by atoms with Crippen molar-refractivity contribution in [3.05, 3.63) is 73.4 Å². The Hall–Kier alpha value is -4.20. The number of benzene rings is 1. The third-order valence-electron chi connectivity index (χ3n) is 4.36. The zero-order valence-corrected chi connectivity index (χ0v) is 16.4. The van der Waals surface area contributed by atoms with Crippen LogP contribution in [0.5, 0.6) is 0 Å². The number of rotatable bonds is 6. The summed E-state index contributed by atoms with van der Waals surface area (Å²) in [7, 11) is 0. The van der Waals surface area contributed by atoms with Crippen molar-refractivity contribution in [2.75, 3.05) is 22.5 Å². The second-order valence-corrected chi connectivity index (χ2v) is 6.49. The highest BCUT2D eigenvalue weighted by molar-refractivity contribution is 6.05. The van der Waals surface area contributed by atoms with Gasteiger partial charge in [0.15, 0.2) is 0 Å². The van der Waals surface area contributed by atoms with Gasteiger partial charge in [0, 0.05) is 47.3 Å². The molecule has 0 aliphatic heterocycles. The molecule has 0 saturated carbocycles. The van der Waals surface area contributed by atoms with Crippen LogP contribution in [0.3, 0.4) is 0 Å². The Labute approximate surface area is 173 Å². The number of nitrogens with one attached hydrogen (secondary N) is 4. The number of urea groups is 1. The molecule has 0 radical (unpaired) electrons. The highest BCUT2D eigenvalue weighted by atomic mass is 16.2. The maximum atomic E-state index is 11.9. The van der Waals surface area contributed by atoms with Crippen molar-refractivity contribution >= 4 is 45.4 Å². The lowest BCUT2D eigenvalue weighted by Crippen LogP contribution is -2.28. The second-order valence-electron chi connectivity index (χ2n) is 6.49. The lowest BCUT2D eigenvalue weighted by atomic mass is 10.1. The van der Waals surface area contributed by atoms with Crippen molar-refractivity contribution in [2.45, 2.75) is 6.92 Å². The van der Waals surface area contributed by atoms with Gasteiger partial charge >= 0.3 is 6.03 Å². The molecule has 0 fully saturated rings. The quantitative estimate of drug-likeness (QED) is 0.376. The van der Waals surface area contributed by atoms with Gasteiger partial charge < -0.3 is 16.0 Å². The molecule has 4 N–H and O–H groups in total. The van der Waals surface area contributed by atoms with Gasteiger partial charge in [-0.3, -0.25) is 15.3 Å². The summed E-state index contributed by atoms with van der Waals surface area (Å²) in [6.45, 7) is 2.39. The van der Waals surface area contributed by atoms with Gasteiger partial charge in [-0.2, -0.15) is 0 Å². The molecule has 0 aliphatic carbocycles. The summed E-state index contributed by atoms with van der Waals surface area (Å²) in [5.41, 5.74) is 3.49. The summed E-state index contributed by atoms with van der Waals surface area (Å²) in [5.74, 6) is 0.459. The van der Waals surface area contributed by atoms with Gasteiger partial charge in [-0.15, -0.1) is 0 Å². The summed E-state index contributed by atoms with van der Waals surface area (Å²) in [6.07, 6.45) is 8.70. The Balaban J connectivity index is 1.75. The van der Waals surface area contributed by atoms with E-state index in [1.165, 1.54) is 0 Å². The standard InChI is InChI=1S/C22H21N7O/c1-2-25-22(30)29-21-11-17-18(14-26-21)20(28-16-6-4-10-24-13-16)8-7-19(17)27-15-5-3-9-23-12-15/h3-14,27-28H,2H2,1H3,(H2,25,26,29,30). The second kappa shape index (κ2) is 8.87. The van der Waals surface area contributed by atoms with Gasteiger partial charge in [-0.25, -0.2) is 9.78 Å². The van der Waals surface area contributed by atoms with E-state index in [-0.39, 0.29) is 6.03 Å². The van der Waals surface area contributed by atoms with Crippen molar-refractivity contribution < 1.29 is 4.79 Å². The summed E-state index contributed by atoms with van der Waals surface area (Å²) in [6, 6.07) is 13.1. The molecule has 0 unspecified atom stereocenters. The van der Waals surface area contributed by atoms with Gasteiger partial charge in [0.05, 0.1) is 23.8 Å². The van der Waals surface area contributed by atoms with E-state index in [0.29, 0.717) is 12.4 Å². The number of carbonyl (C=O) groups excluding carboxylic acids is 1. The summed E-state index contributed by atoms with van der Waals surface area (Å²) in [5, 5.41) is 14.0. The van der Waals surface area contributed by atoms with Crippen LogP contribution in [0.2, 0.25) is 0 Å². The van der Waals surface area contributed by atoms with Crippen molar-refractivity contribution in [3.8, 4) is 0 Å². The van der Waals surface area contributed by atoms with E-state index in [1.54, 1.807) is 31.0 Å². The van der Waals surface area contributed by atoms with E-state index in [2.05, 4.69) is 36.2 Å². The smallest absolute Gasteiger partial charge is 0.320 e. The minimum absolute atomic E-state index is 0.296. The van der Waals surface area contributed by atoms with E-state index in [4.69, 9.17) is 0 Å². The fraction of sp³-hybridized carbons (Fsp3) is 0.0909. The Morgan fingerprint density at radius 3 is 2.07 bits per heavy atom. The summed E-state index contributed by atoms with van der Waals surface area (Å²) < 4.78 is 0. The monoisotopic (exact) mass is 399 g/mol. The lowest BCUT2D eigenvalue weighted by molar-refractivity contribution is 0.252. The third kappa shape index (κ3) is 4.44. The fourth-order valence-electron chi connectivity index (χ4n) is 3.03. The minimum atomic E-state index is -0.296. The van der Waals surface area contributed by atoms with E-state index >= 15 is 0 Å². The van der Waals surface area contributed by atoms with E-state index in [0.717, 1.165) is 33.5 Å². The topological polar surface area (TPSA) is 104 Å². The maximum Gasteiger partial charge on any atom is 0.320 e. The number of nitrogens with zero attached hydrogens (tertiary/aromatic N) is 3. The molecule has 3 aromatic heterocycles. The van der Waals surface area contributed by atoms with Crippen molar-refractivity contribution in [2.24, 2.45) is 0 Å². The maximum absolute atomic E-state index is 11.9. The molecule has 30 heavy (non-hydrogen) atoms. The normalized spacial score (nSPS) is 10.4. The van der Waals surface area contributed by atoms with Crippen LogP contribution < -0.4 is 21.3 Å². The Morgan fingerprint density at radius 2 is 1.50 bits per heavy atom. The Kier molecular flexibility index (Phi) is 5.66. The van der Waals surface area contributed by atoms with Crippen LogP contribution in [-0.4, -0.2) is 27.5 Å². The zero-order chi connectivity index (χ0) is 20.8. The van der Waals surface area contributed by atoms with Gasteiger partial charge in [0.1, 0.15) is 5.82 Å². The van der Waals surface area contributed by atoms with Gasteiger partial charge in [-0.1, -0.05) is 0 Å². The first-order chi connectivity index (χ1) is 14.7. The highest BCUT2D eigenvalue weighted by Gasteiger charge is 2.11. The third-order valence-corrected chi connectivity index (χ3v) is 4.36. The molecule has 150 valence electrons. The van der Waals surface area contributed by atoms with Crippen molar-refractivity contribution in [3.63, 3.8) is 0 Å². The van der Waals surface area contributed by atoms with E-state index in [1.807, 2.05) is 49.4 Å². The van der Waals surface area contributed by atoms with Crippen LogP contribution in [0.4, 0.5) is 33.4 Å². The fourth-order valence-corrected chi connectivity index (χ4v) is 3.03. The molecule has 0 atom stereocenters. The molecule has 3 heterocycles. The molecule has 8 nitrogen and oxygen atoms in total. The highest BCUT2D eigenvalue weighted by Crippen LogP contribution is 2.34. The van der Waals surface area contributed by atoms with Crippen molar-refractivity contribution in [1.82, 2.24) is 20.3 Å². The van der Waals surface area contributed by atoms with E-state index in [9.17, 15) is 4.79 Å². The van der Waals surface area contributed by atoms with Gasteiger partial charge in [0.25, 0.3) is 0 Å². The molecule has 0 bridgehead atoms. The molecule has 2 amide bonds. The van der Waals surface area contributed by atoms with Crippen LogP contribution in [0.15, 0.2) is 73.4 Å². The first-order valence-corrected chi connectivity index (χ1v) is 9.54. The number of pyridine rings is 3. The summed E-state index contributed by atoms with van der Waals surface area (Å²) in [4.78, 5) is 24.6. The summed E-state index contributed by atoms with van der Waals surface area (Å²) >= 11 is 0. The van der Waals surface area contributed by atoms with Crippen LogP contribution in [0.1, 0.15) is 6.92 Å². The SMILES string of the molecule is CCNC(=O)Nc1cc2c(Nc3cccnc3)ccc(Nc3cccnc3)c2cn1. The van der Waals surface area contributed by atoms with Crippen LogP contribution in [-0.2, 0) is 0 Å². The average molecular weight is 399 g/mol. The van der Waals surface area contributed by atoms with Crippen molar-refractivity contribution in [1.29, 1.82) is 0 Å². The number of carbonyl (C=O) groups is 1. The average Bonchev–Trinajstić information content (AvgIpc) is 2.77. The molecule has 0 aliphatic rings. The number of hydrogen-bond acceptors (Lipinski definition) is 6. The molecule has 0 saturated heterocycles. The Morgan fingerprint density at radius 1 is 0.867 bits per heavy atom. The number of anilines is 5. The Bertz CT molecular complexity index is 1150. The predicted octanol–water partition coefficient (Wildman–Crippen LogP) is 4.65. The first kappa shape index (κ1) is 19.1. The molecule has 0 spiro atoms. The first-order valence-electron chi connectivity index (χ1n) is 9.54. The number of fused-ring (bicyclic) bond motifs is 1.